The molecule has 0 spiro atoms. The van der Waals surface area contributed by atoms with E-state index in [1.54, 1.807) is 0 Å². The molecule has 2 aromatic heterocycles. The summed E-state index contributed by atoms with van der Waals surface area (Å²) < 4.78 is 4.51. The molecular formula is C60H40N5+. The Morgan fingerprint density at radius 3 is 1.28 bits per heavy atom. The Labute approximate surface area is 378 Å². The molecule has 1 aliphatic heterocycles. The van der Waals surface area contributed by atoms with E-state index in [0.717, 1.165) is 95.0 Å². The Bertz CT molecular complexity index is 3340. The number of hydrogen-bond donors (Lipinski definition) is 0. The van der Waals surface area contributed by atoms with Crippen molar-refractivity contribution in [2.75, 3.05) is 0 Å². The van der Waals surface area contributed by atoms with Gasteiger partial charge in [0.15, 0.2) is 17.5 Å². The first-order chi connectivity index (χ1) is 32.2. The number of aromatic nitrogens is 4. The van der Waals surface area contributed by atoms with Gasteiger partial charge in [-0.1, -0.05) is 199 Å². The topological polar surface area (TPSA) is 65.7 Å². The monoisotopic (exact) mass is 830 g/mol. The minimum Gasteiger partial charge on any atom is -0.248 e. The average Bonchev–Trinajstić information content (AvgIpc) is 3.95. The molecule has 0 radical (unpaired) electrons. The second kappa shape index (κ2) is 17.5. The minimum atomic E-state index is 0.585. The lowest BCUT2D eigenvalue weighted by atomic mass is 9.93. The molecular weight excluding hydrogens is 791 g/mol. The molecule has 65 heavy (non-hydrogen) atoms. The summed E-state index contributed by atoms with van der Waals surface area (Å²) in [4.78, 5) is 21.1. The quantitative estimate of drug-likeness (QED) is 0.129. The lowest BCUT2D eigenvalue weighted by Gasteiger charge is -2.15. The van der Waals surface area contributed by atoms with Crippen LogP contribution in [0.25, 0.3) is 101 Å². The number of benzene rings is 8. The molecule has 0 saturated carbocycles. The van der Waals surface area contributed by atoms with Gasteiger partial charge in [0.25, 0.3) is 6.21 Å². The third kappa shape index (κ3) is 8.03. The Morgan fingerprint density at radius 1 is 0.262 bits per heavy atom. The van der Waals surface area contributed by atoms with Crippen molar-refractivity contribution in [3.8, 4) is 101 Å². The first-order valence-corrected chi connectivity index (χ1v) is 21.7. The van der Waals surface area contributed by atoms with Gasteiger partial charge in [0.1, 0.15) is 0 Å². The van der Waals surface area contributed by atoms with E-state index in [4.69, 9.17) is 19.9 Å². The molecule has 0 amide bonds. The summed E-state index contributed by atoms with van der Waals surface area (Å²) in [5.74, 6) is 1.79. The fourth-order valence-corrected chi connectivity index (χ4v) is 8.52. The van der Waals surface area contributed by atoms with Gasteiger partial charge in [-0.3, -0.25) is 0 Å². The zero-order valence-electron chi connectivity index (χ0n) is 35.3. The van der Waals surface area contributed by atoms with Gasteiger partial charge in [-0.05, 0) is 74.8 Å². The van der Waals surface area contributed by atoms with Crippen LogP contribution in [0.4, 0.5) is 0 Å². The van der Waals surface area contributed by atoms with E-state index in [1.165, 1.54) is 0 Å². The molecule has 0 bridgehead atoms. The fraction of sp³-hybridized carbons (Fsp3) is 0. The van der Waals surface area contributed by atoms with Crippen LogP contribution in [0.2, 0.25) is 0 Å². The highest BCUT2D eigenvalue weighted by Gasteiger charge is 2.20. The van der Waals surface area contributed by atoms with Gasteiger partial charge in [0.2, 0.25) is 0 Å². The molecule has 0 unspecified atom stereocenters. The standard InChI is InChI=1S/C60H40N5/c1-4-18-42(19-5-1)49-26-11-14-30-53(49)59-63-58(64-60(65-59)54-31-15-12-27-50(54)43-20-6-2-7-21-43)47-25-16-24-46(38-47)51-28-10-13-29-52(51)57-40-48(39-56(62-57)44-22-8-3-9-23-44)41-33-35-45(36-34-41)55-32-17-37-61-55/h1-40H/q+1. The molecule has 11 rings (SSSR count). The third-order valence-corrected chi connectivity index (χ3v) is 11.7. The molecule has 0 fully saturated rings. The molecule has 5 heteroatoms. The number of nitrogens with zero attached hydrogens (tertiary/aromatic N) is 5. The molecule has 0 saturated heterocycles. The van der Waals surface area contributed by atoms with Crippen molar-refractivity contribution in [3.63, 3.8) is 0 Å². The normalized spacial score (nSPS) is 11.7. The Morgan fingerprint density at radius 2 is 0.708 bits per heavy atom. The van der Waals surface area contributed by atoms with E-state index in [-0.39, 0.29) is 0 Å². The predicted molar refractivity (Wildman–Crippen MR) is 268 cm³/mol. The van der Waals surface area contributed by atoms with E-state index < -0.39 is 0 Å². The van der Waals surface area contributed by atoms with Crippen LogP contribution in [-0.4, -0.2) is 31.9 Å². The highest BCUT2D eigenvalue weighted by Crippen LogP contribution is 2.39. The highest BCUT2D eigenvalue weighted by molar-refractivity contribution is 6.13. The second-order valence-corrected chi connectivity index (χ2v) is 15.8. The maximum absolute atomic E-state index is 5.34. The summed E-state index contributed by atoms with van der Waals surface area (Å²) in [5, 5.41) is 0. The molecule has 0 aliphatic carbocycles. The Balaban J connectivity index is 1.05. The van der Waals surface area contributed by atoms with Crippen LogP contribution < -0.4 is 4.67 Å². The van der Waals surface area contributed by atoms with Crippen molar-refractivity contribution >= 4 is 11.9 Å². The summed E-state index contributed by atoms with van der Waals surface area (Å²) in [6.45, 7) is 0. The molecule has 0 N–H and O–H groups in total. The lowest BCUT2D eigenvalue weighted by molar-refractivity contribution is 1.07. The smallest absolute Gasteiger partial charge is 0.248 e. The SMILES string of the molecule is C1=CC(c2ccc(-c3cc(-c4ccccc4)nc(-c4ccccc4-c4cccc(-c5nc(-c6ccccc6-c6ccccc6)nc(-c6ccccc6-c6ccccc6)n5)c4)c3)cc2)=[N+]=C1. The zero-order valence-corrected chi connectivity index (χ0v) is 35.3. The minimum absolute atomic E-state index is 0.585. The van der Waals surface area contributed by atoms with Crippen molar-refractivity contribution in [1.82, 2.24) is 24.6 Å². The third-order valence-electron chi connectivity index (χ3n) is 11.7. The maximum atomic E-state index is 5.34. The van der Waals surface area contributed by atoms with Gasteiger partial charge in [-0.25, -0.2) is 19.9 Å². The molecule has 5 nitrogen and oxygen atoms in total. The first kappa shape index (κ1) is 39.0. The zero-order chi connectivity index (χ0) is 43.4. The largest absolute Gasteiger partial charge is 0.334 e. The molecule has 304 valence electrons. The van der Waals surface area contributed by atoms with Crippen LogP contribution in [0, 0.1) is 0 Å². The summed E-state index contributed by atoms with van der Waals surface area (Å²) >= 11 is 0. The lowest BCUT2D eigenvalue weighted by Crippen LogP contribution is -2.02. The van der Waals surface area contributed by atoms with Gasteiger partial charge in [-0.2, -0.15) is 0 Å². The van der Waals surface area contributed by atoms with Crippen molar-refractivity contribution in [2.45, 2.75) is 0 Å². The Hall–Kier alpha value is -8.89. The summed E-state index contributed by atoms with van der Waals surface area (Å²) in [6.07, 6.45) is 5.83. The second-order valence-electron chi connectivity index (χ2n) is 15.8. The van der Waals surface area contributed by atoms with Crippen LogP contribution in [0.1, 0.15) is 5.56 Å². The molecule has 1 aliphatic rings. The van der Waals surface area contributed by atoms with Crippen LogP contribution in [0.3, 0.4) is 0 Å². The predicted octanol–water partition coefficient (Wildman–Crippen LogP) is 13.8. The van der Waals surface area contributed by atoms with Crippen molar-refractivity contribution in [2.24, 2.45) is 0 Å². The fourth-order valence-electron chi connectivity index (χ4n) is 8.52. The van der Waals surface area contributed by atoms with Gasteiger partial charge >= 0.3 is 5.71 Å². The van der Waals surface area contributed by atoms with E-state index in [9.17, 15) is 0 Å². The van der Waals surface area contributed by atoms with Gasteiger partial charge in [0.05, 0.1) is 17.0 Å². The van der Waals surface area contributed by atoms with Crippen LogP contribution in [-0.2, 0) is 0 Å². The molecule has 8 aromatic carbocycles. The maximum Gasteiger partial charge on any atom is 0.334 e. The van der Waals surface area contributed by atoms with Gasteiger partial charge in [0, 0.05) is 40.0 Å². The van der Waals surface area contributed by atoms with Crippen molar-refractivity contribution in [1.29, 1.82) is 0 Å². The van der Waals surface area contributed by atoms with Crippen LogP contribution in [0.15, 0.2) is 237 Å². The van der Waals surface area contributed by atoms with Gasteiger partial charge < -0.3 is 0 Å². The van der Waals surface area contributed by atoms with E-state index >= 15 is 0 Å². The molecule has 10 aromatic rings. The summed E-state index contributed by atoms with van der Waals surface area (Å²) in [6, 6.07) is 77.9. The van der Waals surface area contributed by atoms with Gasteiger partial charge in [-0.15, -0.1) is 0 Å². The van der Waals surface area contributed by atoms with Crippen LogP contribution in [0.5, 0.6) is 0 Å². The number of hydrogen-bond acceptors (Lipinski definition) is 4. The number of allylic oxidation sites excluding steroid dienone is 2. The number of pyridine rings is 1. The van der Waals surface area contributed by atoms with Crippen molar-refractivity contribution in [3.05, 3.63) is 242 Å². The van der Waals surface area contributed by atoms with E-state index in [1.807, 2.05) is 48.7 Å². The average molecular weight is 831 g/mol. The number of rotatable bonds is 10. The first-order valence-electron chi connectivity index (χ1n) is 21.7. The molecule has 0 atom stereocenters. The van der Waals surface area contributed by atoms with Crippen molar-refractivity contribution < 1.29 is 0 Å². The van der Waals surface area contributed by atoms with E-state index in [2.05, 4.69) is 199 Å². The summed E-state index contributed by atoms with van der Waals surface area (Å²) in [7, 11) is 0. The Kier molecular flexibility index (Phi) is 10.5. The summed E-state index contributed by atoms with van der Waals surface area (Å²) in [5.41, 5.74) is 17.2. The van der Waals surface area contributed by atoms with Crippen LogP contribution >= 0.6 is 0 Å². The highest BCUT2D eigenvalue weighted by atomic mass is 15.0. The molecule has 3 heterocycles. The van der Waals surface area contributed by atoms with E-state index in [0.29, 0.717) is 17.5 Å².